The molecule has 0 aliphatic carbocycles. The van der Waals surface area contributed by atoms with E-state index in [1.807, 2.05) is 19.1 Å². The molecule has 88 valence electrons. The number of hydrogen-bond acceptors (Lipinski definition) is 2. The number of aryl methyl sites for hydroxylation is 1. The van der Waals surface area contributed by atoms with E-state index in [0.29, 0.717) is 16.8 Å². The molecule has 0 fully saturated rings. The first kappa shape index (κ1) is 12.0. The zero-order valence-electron chi connectivity index (χ0n) is 9.28. The van der Waals surface area contributed by atoms with Crippen LogP contribution in [0, 0.1) is 12.7 Å². The van der Waals surface area contributed by atoms with E-state index in [1.54, 1.807) is 12.3 Å². The average molecular weight is 296 g/mol. The molecule has 0 bridgehead atoms. The highest BCUT2D eigenvalue weighted by Gasteiger charge is 2.03. The van der Waals surface area contributed by atoms with Gasteiger partial charge in [0.25, 0.3) is 0 Å². The molecule has 4 heteroatoms. The summed E-state index contributed by atoms with van der Waals surface area (Å²) in [6.45, 7) is 2.30. The maximum atomic E-state index is 13.1. The Morgan fingerprint density at radius 1 is 1.35 bits per heavy atom. The van der Waals surface area contributed by atoms with Crippen molar-refractivity contribution in [1.29, 1.82) is 0 Å². The number of benzene rings is 1. The summed E-state index contributed by atoms with van der Waals surface area (Å²) in [4.78, 5) is 4.21. The second-order valence-electron chi connectivity index (χ2n) is 3.66. The van der Waals surface area contributed by atoms with Gasteiger partial charge in [-0.2, -0.15) is 0 Å². The normalized spacial score (nSPS) is 10.3. The molecule has 17 heavy (non-hydrogen) atoms. The number of rotatable bonds is 3. The molecule has 0 aliphatic heterocycles. The van der Waals surface area contributed by atoms with E-state index in [0.717, 1.165) is 11.3 Å². The lowest BCUT2D eigenvalue weighted by atomic mass is 10.2. The first-order chi connectivity index (χ1) is 8.15. The first-order valence-electron chi connectivity index (χ1n) is 5.14. The van der Waals surface area contributed by atoms with Crippen LogP contribution in [0.3, 0.4) is 0 Å². The van der Waals surface area contributed by atoms with E-state index in [2.05, 4.69) is 20.9 Å². The van der Waals surface area contributed by atoms with Gasteiger partial charge in [-0.1, -0.05) is 22.0 Å². The highest BCUT2D eigenvalue weighted by molar-refractivity contribution is 9.10. The van der Waals surface area contributed by atoms with Gasteiger partial charge in [0.1, 0.15) is 18.2 Å². The minimum absolute atomic E-state index is 0.327. The second-order valence-corrected chi connectivity index (χ2v) is 4.58. The van der Waals surface area contributed by atoms with Crippen molar-refractivity contribution in [2.75, 3.05) is 0 Å². The van der Waals surface area contributed by atoms with Crippen molar-refractivity contribution in [3.05, 3.63) is 58.1 Å². The standard InChI is InChI=1S/C13H11BrFNO/c1-9-3-2-4-16-13(9)8-17-12-6-10(14)5-11(15)7-12/h2-7H,8H2,1H3. The highest BCUT2D eigenvalue weighted by Crippen LogP contribution is 2.21. The van der Waals surface area contributed by atoms with Crippen molar-refractivity contribution >= 4 is 15.9 Å². The molecular formula is C13H11BrFNO. The Morgan fingerprint density at radius 2 is 2.18 bits per heavy atom. The maximum absolute atomic E-state index is 13.1. The smallest absolute Gasteiger partial charge is 0.130 e. The SMILES string of the molecule is Cc1cccnc1COc1cc(F)cc(Br)c1. The lowest BCUT2D eigenvalue weighted by molar-refractivity contribution is 0.298. The summed E-state index contributed by atoms with van der Waals surface area (Å²) < 4.78 is 19.3. The van der Waals surface area contributed by atoms with Gasteiger partial charge in [0, 0.05) is 16.7 Å². The number of nitrogens with zero attached hydrogens (tertiary/aromatic N) is 1. The molecule has 2 rings (SSSR count). The van der Waals surface area contributed by atoms with E-state index in [-0.39, 0.29) is 5.82 Å². The third-order valence-corrected chi connectivity index (χ3v) is 2.79. The molecule has 0 radical (unpaired) electrons. The van der Waals surface area contributed by atoms with Crippen LogP contribution in [0.25, 0.3) is 0 Å². The fourth-order valence-corrected chi connectivity index (χ4v) is 1.88. The van der Waals surface area contributed by atoms with Crippen molar-refractivity contribution in [2.24, 2.45) is 0 Å². The predicted molar refractivity (Wildman–Crippen MR) is 67.4 cm³/mol. The van der Waals surface area contributed by atoms with Crippen LogP contribution in [0.5, 0.6) is 5.75 Å². The van der Waals surface area contributed by atoms with Gasteiger partial charge in [0.05, 0.1) is 5.69 Å². The van der Waals surface area contributed by atoms with E-state index in [1.165, 1.54) is 12.1 Å². The molecule has 1 aromatic carbocycles. The molecule has 0 saturated carbocycles. The Bertz CT molecular complexity index is 510. The zero-order valence-corrected chi connectivity index (χ0v) is 10.9. The Hall–Kier alpha value is -1.42. The Balaban J connectivity index is 2.10. The van der Waals surface area contributed by atoms with Crippen molar-refractivity contribution in [2.45, 2.75) is 13.5 Å². The third-order valence-electron chi connectivity index (χ3n) is 2.33. The van der Waals surface area contributed by atoms with Crippen LogP contribution in [0.2, 0.25) is 0 Å². The van der Waals surface area contributed by atoms with E-state index < -0.39 is 0 Å². The summed E-state index contributed by atoms with van der Waals surface area (Å²) in [7, 11) is 0. The summed E-state index contributed by atoms with van der Waals surface area (Å²) in [6, 6.07) is 8.30. The van der Waals surface area contributed by atoms with Crippen molar-refractivity contribution in [1.82, 2.24) is 4.98 Å². The lowest BCUT2D eigenvalue weighted by Crippen LogP contribution is -2.00. The largest absolute Gasteiger partial charge is 0.487 e. The molecule has 2 nitrogen and oxygen atoms in total. The quantitative estimate of drug-likeness (QED) is 0.857. The third kappa shape index (κ3) is 3.27. The molecule has 2 aromatic rings. The van der Waals surface area contributed by atoms with Crippen LogP contribution in [-0.2, 0) is 6.61 Å². The van der Waals surface area contributed by atoms with Gasteiger partial charge in [-0.15, -0.1) is 0 Å². The Kier molecular flexibility index (Phi) is 3.74. The molecule has 0 spiro atoms. The molecule has 1 heterocycles. The fourth-order valence-electron chi connectivity index (χ4n) is 1.43. The molecular weight excluding hydrogens is 285 g/mol. The lowest BCUT2D eigenvalue weighted by Gasteiger charge is -2.08. The number of halogens is 2. The number of pyridine rings is 1. The monoisotopic (exact) mass is 295 g/mol. The Labute approximate surface area is 108 Å². The summed E-state index contributed by atoms with van der Waals surface area (Å²) >= 11 is 3.22. The zero-order chi connectivity index (χ0) is 12.3. The van der Waals surface area contributed by atoms with Crippen molar-refractivity contribution in [3.63, 3.8) is 0 Å². The van der Waals surface area contributed by atoms with Gasteiger partial charge in [0.2, 0.25) is 0 Å². The maximum Gasteiger partial charge on any atom is 0.130 e. The minimum atomic E-state index is -0.327. The van der Waals surface area contributed by atoms with Crippen LogP contribution in [0.1, 0.15) is 11.3 Å². The van der Waals surface area contributed by atoms with Gasteiger partial charge in [-0.25, -0.2) is 4.39 Å². The molecule has 0 amide bonds. The van der Waals surface area contributed by atoms with Gasteiger partial charge in [0.15, 0.2) is 0 Å². The number of aromatic nitrogens is 1. The Morgan fingerprint density at radius 3 is 2.88 bits per heavy atom. The number of ether oxygens (including phenoxy) is 1. The fraction of sp³-hybridized carbons (Fsp3) is 0.154. The average Bonchev–Trinajstić information content (AvgIpc) is 2.27. The van der Waals surface area contributed by atoms with Gasteiger partial charge >= 0.3 is 0 Å². The molecule has 0 aliphatic rings. The predicted octanol–water partition coefficient (Wildman–Crippen LogP) is 3.87. The van der Waals surface area contributed by atoms with Crippen LogP contribution in [-0.4, -0.2) is 4.98 Å². The van der Waals surface area contributed by atoms with Crippen LogP contribution >= 0.6 is 15.9 Å². The summed E-state index contributed by atoms with van der Waals surface area (Å²) in [5.74, 6) is 0.161. The second kappa shape index (κ2) is 5.27. The summed E-state index contributed by atoms with van der Waals surface area (Å²) in [6.07, 6.45) is 1.72. The van der Waals surface area contributed by atoms with E-state index in [9.17, 15) is 4.39 Å². The van der Waals surface area contributed by atoms with Gasteiger partial charge in [-0.3, -0.25) is 4.98 Å². The highest BCUT2D eigenvalue weighted by atomic mass is 79.9. The van der Waals surface area contributed by atoms with Crippen LogP contribution in [0.15, 0.2) is 41.0 Å². The van der Waals surface area contributed by atoms with Gasteiger partial charge in [-0.05, 0) is 30.7 Å². The molecule has 0 unspecified atom stereocenters. The van der Waals surface area contributed by atoms with E-state index in [4.69, 9.17) is 4.74 Å². The first-order valence-corrected chi connectivity index (χ1v) is 5.94. The van der Waals surface area contributed by atoms with Crippen molar-refractivity contribution in [3.8, 4) is 5.75 Å². The summed E-state index contributed by atoms with van der Waals surface area (Å²) in [5, 5.41) is 0. The van der Waals surface area contributed by atoms with E-state index >= 15 is 0 Å². The number of hydrogen-bond donors (Lipinski definition) is 0. The van der Waals surface area contributed by atoms with Crippen molar-refractivity contribution < 1.29 is 9.13 Å². The topological polar surface area (TPSA) is 22.1 Å². The van der Waals surface area contributed by atoms with Crippen LogP contribution < -0.4 is 4.74 Å². The van der Waals surface area contributed by atoms with Gasteiger partial charge < -0.3 is 4.74 Å². The van der Waals surface area contributed by atoms with Crippen LogP contribution in [0.4, 0.5) is 4.39 Å². The summed E-state index contributed by atoms with van der Waals surface area (Å²) in [5.41, 5.74) is 1.91. The molecule has 0 N–H and O–H groups in total. The molecule has 0 atom stereocenters. The minimum Gasteiger partial charge on any atom is -0.487 e. The molecule has 1 aromatic heterocycles. The molecule has 0 saturated heterocycles.